The minimum atomic E-state index is -0.439. The van der Waals surface area contributed by atoms with Crippen LogP contribution in [-0.4, -0.2) is 28.6 Å². The van der Waals surface area contributed by atoms with E-state index in [1.165, 1.54) is 18.2 Å². The topological polar surface area (TPSA) is 131 Å². The first-order chi connectivity index (χ1) is 15.7. The zero-order valence-corrected chi connectivity index (χ0v) is 19.3. The van der Waals surface area contributed by atoms with Gasteiger partial charge in [-0.1, -0.05) is 61.8 Å². The number of primary amides is 1. The first-order valence-corrected chi connectivity index (χ1v) is 11.0. The minimum Gasteiger partial charge on any atom is -0.506 e. The number of fused-ring (bicyclic) bond motifs is 1. The van der Waals surface area contributed by atoms with Crippen LogP contribution in [0.3, 0.4) is 0 Å². The van der Waals surface area contributed by atoms with Crippen LogP contribution in [0.5, 0.6) is 5.75 Å². The van der Waals surface area contributed by atoms with Crippen molar-refractivity contribution in [1.82, 2.24) is 5.32 Å². The Kier molecular flexibility index (Phi) is 7.68. The number of aromatic hydroxyl groups is 1. The lowest BCUT2D eigenvalue weighted by atomic mass is 9.93. The smallest absolute Gasteiger partial charge is 0.234 e. The number of hydrogen-bond donors (Lipinski definition) is 4. The molecule has 33 heavy (non-hydrogen) atoms. The Labute approximate surface area is 197 Å². The van der Waals surface area contributed by atoms with Gasteiger partial charge in [0.25, 0.3) is 0 Å². The van der Waals surface area contributed by atoms with Gasteiger partial charge >= 0.3 is 0 Å². The number of phenolic OH excluding ortho intramolecular Hbond substituents is 1. The van der Waals surface area contributed by atoms with Gasteiger partial charge < -0.3 is 22.0 Å². The first-order valence-electron chi connectivity index (χ1n) is 10.6. The lowest BCUT2D eigenvalue weighted by Crippen LogP contribution is -2.41. The summed E-state index contributed by atoms with van der Waals surface area (Å²) in [5.41, 5.74) is 7.40. The van der Waals surface area contributed by atoms with Gasteiger partial charge in [-0.05, 0) is 46.9 Å². The van der Waals surface area contributed by atoms with Gasteiger partial charge in [0.2, 0.25) is 11.7 Å². The molecule has 0 aliphatic rings. The number of benzene rings is 3. The fraction of sp³-hybridized carbons (Fsp3) is 0.240. The lowest BCUT2D eigenvalue weighted by molar-refractivity contribution is -0.120. The summed E-state index contributed by atoms with van der Waals surface area (Å²) in [7, 11) is 0. The van der Waals surface area contributed by atoms with Crippen LogP contribution in [0.4, 0.5) is 0 Å². The Morgan fingerprint density at radius 3 is 2.39 bits per heavy atom. The molecule has 0 saturated heterocycles. The Hall–Kier alpha value is -3.42. The number of nitrogens with zero attached hydrogens (tertiary/aromatic N) is 1. The van der Waals surface area contributed by atoms with E-state index in [0.29, 0.717) is 24.4 Å². The van der Waals surface area contributed by atoms with E-state index < -0.39 is 11.8 Å². The van der Waals surface area contributed by atoms with E-state index in [1.54, 1.807) is 6.07 Å². The molecule has 1 amide bonds. The highest BCUT2D eigenvalue weighted by Gasteiger charge is 2.21. The largest absolute Gasteiger partial charge is 0.506 e. The van der Waals surface area contributed by atoms with Crippen LogP contribution < -0.4 is 16.9 Å². The highest BCUT2D eigenvalue weighted by molar-refractivity contribution is 6.53. The van der Waals surface area contributed by atoms with Gasteiger partial charge in [0.05, 0.1) is 11.1 Å². The molecule has 0 bridgehead atoms. The van der Waals surface area contributed by atoms with E-state index in [1.807, 2.05) is 44.2 Å². The van der Waals surface area contributed by atoms with E-state index in [0.717, 1.165) is 16.3 Å². The summed E-state index contributed by atoms with van der Waals surface area (Å²) in [4.78, 5) is 25.0. The second kappa shape index (κ2) is 10.5. The zero-order valence-electron chi connectivity index (χ0n) is 18.5. The number of carbonyl (C=O) groups is 2. The predicted molar refractivity (Wildman–Crippen MR) is 131 cm³/mol. The maximum atomic E-state index is 13.1. The third kappa shape index (κ3) is 5.50. The number of phenols is 1. The molecule has 172 valence electrons. The van der Waals surface area contributed by atoms with Crippen molar-refractivity contribution in [3.63, 3.8) is 0 Å². The number of nitrogens with one attached hydrogen (secondary N) is 1. The average Bonchev–Trinajstić information content (AvgIpc) is 2.79. The standard InChI is InChI=1S/C25H27ClN4O3/c1-14(2)11-21(25(27)33)29-13-16-7-9-19(18-6-4-3-5-17(16)18)23(30-28)24(32)15-8-10-22(31)20(26)12-15/h3-10,12,14,21,29,31H,11,13,28H2,1-2H3,(H2,27,33). The molecule has 1 atom stereocenters. The summed E-state index contributed by atoms with van der Waals surface area (Å²) in [5, 5.41) is 18.4. The summed E-state index contributed by atoms with van der Waals surface area (Å²) in [6.45, 7) is 4.50. The maximum absolute atomic E-state index is 13.1. The normalized spacial score (nSPS) is 12.8. The zero-order chi connectivity index (χ0) is 24.1. The van der Waals surface area contributed by atoms with Crippen molar-refractivity contribution in [3.05, 3.63) is 76.3 Å². The molecule has 0 radical (unpaired) electrons. The van der Waals surface area contributed by atoms with Crippen LogP contribution in [0.25, 0.3) is 10.8 Å². The molecule has 7 nitrogen and oxygen atoms in total. The SMILES string of the molecule is CC(C)CC(NCc1ccc(C(=NN)C(=O)c2ccc(O)c(Cl)c2)c2ccccc12)C(N)=O. The fourth-order valence-electron chi connectivity index (χ4n) is 3.76. The number of hydrazone groups is 1. The van der Waals surface area contributed by atoms with Crippen LogP contribution in [0.1, 0.15) is 41.8 Å². The van der Waals surface area contributed by atoms with E-state index in [9.17, 15) is 14.7 Å². The van der Waals surface area contributed by atoms with Gasteiger partial charge in [0.1, 0.15) is 11.5 Å². The van der Waals surface area contributed by atoms with Crippen molar-refractivity contribution in [1.29, 1.82) is 0 Å². The molecule has 0 heterocycles. The van der Waals surface area contributed by atoms with Crippen molar-refractivity contribution >= 4 is 39.8 Å². The maximum Gasteiger partial charge on any atom is 0.234 e. The average molecular weight is 467 g/mol. The third-order valence-corrected chi connectivity index (χ3v) is 5.72. The van der Waals surface area contributed by atoms with E-state index in [4.69, 9.17) is 23.2 Å². The second-order valence-corrected chi connectivity index (χ2v) is 8.66. The van der Waals surface area contributed by atoms with Crippen molar-refractivity contribution in [2.24, 2.45) is 22.6 Å². The lowest BCUT2D eigenvalue weighted by Gasteiger charge is -2.19. The number of ketones is 1. The molecular weight excluding hydrogens is 440 g/mol. The number of nitrogens with two attached hydrogens (primary N) is 2. The monoisotopic (exact) mass is 466 g/mol. The van der Waals surface area contributed by atoms with Gasteiger partial charge in [0.15, 0.2) is 0 Å². The number of rotatable bonds is 9. The van der Waals surface area contributed by atoms with Crippen LogP contribution in [0.15, 0.2) is 59.7 Å². The summed E-state index contributed by atoms with van der Waals surface area (Å²) >= 11 is 5.97. The molecule has 8 heteroatoms. The van der Waals surface area contributed by atoms with Gasteiger partial charge in [-0.15, -0.1) is 0 Å². The predicted octanol–water partition coefficient (Wildman–Crippen LogP) is 3.73. The van der Waals surface area contributed by atoms with Gasteiger partial charge in [-0.2, -0.15) is 5.10 Å². The van der Waals surface area contributed by atoms with Crippen molar-refractivity contribution < 1.29 is 14.7 Å². The number of hydrogen-bond acceptors (Lipinski definition) is 6. The summed E-state index contributed by atoms with van der Waals surface area (Å²) < 4.78 is 0. The fourth-order valence-corrected chi connectivity index (χ4v) is 3.94. The van der Waals surface area contributed by atoms with E-state index in [-0.39, 0.29) is 28.0 Å². The summed E-state index contributed by atoms with van der Waals surface area (Å²) in [6.07, 6.45) is 0.638. The molecule has 3 aromatic carbocycles. The number of Topliss-reactive ketones (excluding diaryl/α,β-unsaturated/α-hetero) is 1. The van der Waals surface area contributed by atoms with Crippen LogP contribution in [0.2, 0.25) is 5.02 Å². The molecule has 0 spiro atoms. The molecular formula is C25H27ClN4O3. The molecule has 0 aromatic heterocycles. The van der Waals surface area contributed by atoms with E-state index in [2.05, 4.69) is 10.4 Å². The van der Waals surface area contributed by atoms with Crippen LogP contribution in [-0.2, 0) is 11.3 Å². The van der Waals surface area contributed by atoms with Crippen molar-refractivity contribution in [2.75, 3.05) is 0 Å². The van der Waals surface area contributed by atoms with Crippen LogP contribution >= 0.6 is 11.6 Å². The van der Waals surface area contributed by atoms with Crippen molar-refractivity contribution in [3.8, 4) is 5.75 Å². The quantitative estimate of drug-likeness (QED) is 0.165. The third-order valence-electron chi connectivity index (χ3n) is 5.41. The molecule has 0 fully saturated rings. The highest BCUT2D eigenvalue weighted by Crippen LogP contribution is 2.27. The molecule has 0 saturated carbocycles. The van der Waals surface area contributed by atoms with Gasteiger partial charge in [0, 0.05) is 17.7 Å². The van der Waals surface area contributed by atoms with Crippen LogP contribution in [0, 0.1) is 5.92 Å². The Balaban J connectivity index is 1.97. The minimum absolute atomic E-state index is 0.0638. The van der Waals surface area contributed by atoms with E-state index >= 15 is 0 Å². The number of carbonyl (C=O) groups excluding carboxylic acids is 2. The number of amides is 1. The first kappa shape index (κ1) is 24.2. The molecule has 1 unspecified atom stereocenters. The van der Waals surface area contributed by atoms with Gasteiger partial charge in [-0.25, -0.2) is 0 Å². The molecule has 6 N–H and O–H groups in total. The summed E-state index contributed by atoms with van der Waals surface area (Å²) in [6, 6.07) is 15.0. The molecule has 0 aliphatic carbocycles. The number of halogens is 1. The molecule has 0 aliphatic heterocycles. The Morgan fingerprint density at radius 1 is 1.09 bits per heavy atom. The molecule has 3 aromatic rings. The van der Waals surface area contributed by atoms with Crippen molar-refractivity contribution in [2.45, 2.75) is 32.9 Å². The Morgan fingerprint density at radius 2 is 1.79 bits per heavy atom. The Bertz CT molecular complexity index is 1220. The second-order valence-electron chi connectivity index (χ2n) is 8.26. The van der Waals surface area contributed by atoms with Gasteiger partial charge in [-0.3, -0.25) is 9.59 Å². The highest BCUT2D eigenvalue weighted by atomic mass is 35.5. The molecule has 3 rings (SSSR count). The summed E-state index contributed by atoms with van der Waals surface area (Å²) in [5.74, 6) is 5.03.